The molecule has 3 aromatic carbocycles. The normalized spacial score (nSPS) is 22.3. The van der Waals surface area contributed by atoms with Gasteiger partial charge in [0.2, 0.25) is 11.8 Å². The standard InChI is InChI=1S/C48H56N8O7/c1-26(2)39(53-46(59)62-5)45(58)56-35-16-15-34(21-35)41(56)43-50-23-36(52-43)29-9-7-28(8-10-29)30-11-12-32-20-33(14-13-31(32)19-30)37-24-49-42(51-37)38-22-48(17-18-48)25-55(38)44(57)40(27(3)61-4)54-47(60)63-6/h7-14,19-20,23-24,26-27,34-35,38-41H,15-18,21-22,25H2,1-6H3,(H,49,51)(H,50,52)(H,53,59)(H,54,60)/t27?,34-,35-,38+,39+,40+,41+/m1/s1. The van der Waals surface area contributed by atoms with Gasteiger partial charge in [-0.3, -0.25) is 9.59 Å². The lowest BCUT2D eigenvalue weighted by molar-refractivity contribution is -0.139. The lowest BCUT2D eigenvalue weighted by Crippen LogP contribution is -2.54. The van der Waals surface area contributed by atoms with Crippen molar-refractivity contribution >= 4 is 34.8 Å². The van der Waals surface area contributed by atoms with E-state index in [9.17, 15) is 19.2 Å². The number of aromatic amines is 2. The molecular formula is C48H56N8O7. The van der Waals surface area contributed by atoms with Crippen molar-refractivity contribution in [3.05, 3.63) is 84.7 Å². The third kappa shape index (κ3) is 8.03. The summed E-state index contributed by atoms with van der Waals surface area (Å²) in [6.45, 7) is 6.22. The first kappa shape index (κ1) is 42.1. The molecule has 2 aliphatic heterocycles. The van der Waals surface area contributed by atoms with Crippen LogP contribution in [0.3, 0.4) is 0 Å². The molecule has 4 N–H and O–H groups in total. The van der Waals surface area contributed by atoms with Crippen LogP contribution in [0.2, 0.25) is 0 Å². The Morgan fingerprint density at radius 3 is 1.97 bits per heavy atom. The number of amides is 4. The van der Waals surface area contributed by atoms with Crippen molar-refractivity contribution in [2.75, 3.05) is 27.9 Å². The van der Waals surface area contributed by atoms with Gasteiger partial charge in [0.05, 0.1) is 56.2 Å². The Hall–Kier alpha value is -6.22. The number of carbonyl (C=O) groups is 4. The number of rotatable bonds is 12. The highest BCUT2D eigenvalue weighted by Crippen LogP contribution is 2.58. The number of alkyl carbamates (subject to hydrolysis) is 2. The van der Waals surface area contributed by atoms with Crippen molar-refractivity contribution in [3.63, 3.8) is 0 Å². The van der Waals surface area contributed by atoms with Gasteiger partial charge in [0.1, 0.15) is 23.7 Å². The summed E-state index contributed by atoms with van der Waals surface area (Å²) in [4.78, 5) is 72.8. The van der Waals surface area contributed by atoms with E-state index in [1.807, 2.05) is 36.0 Å². The van der Waals surface area contributed by atoms with E-state index in [2.05, 4.69) is 81.3 Å². The summed E-state index contributed by atoms with van der Waals surface area (Å²) in [6.07, 6.45) is 7.68. The van der Waals surface area contributed by atoms with Crippen LogP contribution in [-0.2, 0) is 23.8 Å². The maximum atomic E-state index is 14.0. The Morgan fingerprint density at radius 2 is 1.32 bits per heavy atom. The molecule has 4 heterocycles. The van der Waals surface area contributed by atoms with Gasteiger partial charge < -0.3 is 44.6 Å². The molecule has 5 aromatic rings. The number of nitrogens with zero attached hydrogens (tertiary/aromatic N) is 4. The van der Waals surface area contributed by atoms with Gasteiger partial charge in [-0.15, -0.1) is 0 Å². The van der Waals surface area contributed by atoms with E-state index in [1.54, 1.807) is 6.92 Å². The van der Waals surface area contributed by atoms with Crippen LogP contribution in [0.4, 0.5) is 9.59 Å². The van der Waals surface area contributed by atoms with Gasteiger partial charge in [-0.2, -0.15) is 0 Å². The van der Waals surface area contributed by atoms with Gasteiger partial charge in [0, 0.05) is 25.3 Å². The molecule has 15 heteroatoms. The number of H-pyrrole nitrogens is 2. The molecule has 1 spiro atoms. The predicted molar refractivity (Wildman–Crippen MR) is 236 cm³/mol. The van der Waals surface area contributed by atoms with Crippen LogP contribution in [-0.4, -0.2) is 106 Å². The third-order valence-electron chi connectivity index (χ3n) is 14.0. The number of piperidine rings is 1. The lowest BCUT2D eigenvalue weighted by atomic mass is 9.95. The van der Waals surface area contributed by atoms with Crippen LogP contribution >= 0.6 is 0 Å². The van der Waals surface area contributed by atoms with E-state index in [1.165, 1.54) is 21.3 Å². The summed E-state index contributed by atoms with van der Waals surface area (Å²) in [5, 5.41) is 7.63. The second-order valence-corrected chi connectivity index (χ2v) is 18.2. The molecule has 330 valence electrons. The molecule has 2 aliphatic carbocycles. The summed E-state index contributed by atoms with van der Waals surface area (Å²) >= 11 is 0. The number of hydrogen-bond donors (Lipinski definition) is 4. The van der Waals surface area contributed by atoms with Crippen molar-refractivity contribution in [2.45, 2.75) is 95.6 Å². The highest BCUT2D eigenvalue weighted by Gasteiger charge is 2.55. The Kier molecular flexibility index (Phi) is 11.2. The summed E-state index contributed by atoms with van der Waals surface area (Å²) in [5.74, 6) is 1.39. The van der Waals surface area contributed by atoms with E-state index in [4.69, 9.17) is 24.2 Å². The predicted octanol–water partition coefficient (Wildman–Crippen LogP) is 7.53. The number of imidazole rings is 2. The second kappa shape index (κ2) is 16.8. The number of methoxy groups -OCH3 is 3. The lowest BCUT2D eigenvalue weighted by Gasteiger charge is -2.37. The summed E-state index contributed by atoms with van der Waals surface area (Å²) in [7, 11) is 4.10. The molecule has 15 nitrogen and oxygen atoms in total. The number of aromatic nitrogens is 4. The van der Waals surface area contributed by atoms with Gasteiger partial charge in [0.15, 0.2) is 0 Å². The fourth-order valence-electron chi connectivity index (χ4n) is 10.2. The minimum Gasteiger partial charge on any atom is -0.453 e. The number of likely N-dealkylation sites (tertiary alicyclic amines) is 2. The molecule has 7 atom stereocenters. The zero-order chi connectivity index (χ0) is 44.2. The fraction of sp³-hybridized carbons (Fsp3) is 0.458. The first-order valence-corrected chi connectivity index (χ1v) is 22.0. The Morgan fingerprint density at radius 1 is 0.730 bits per heavy atom. The maximum absolute atomic E-state index is 14.0. The average molecular weight is 857 g/mol. The number of ether oxygens (including phenoxy) is 3. The molecule has 2 bridgehead atoms. The third-order valence-corrected chi connectivity index (χ3v) is 14.0. The summed E-state index contributed by atoms with van der Waals surface area (Å²) in [5.41, 5.74) is 5.98. The highest BCUT2D eigenvalue weighted by molar-refractivity contribution is 5.91. The van der Waals surface area contributed by atoms with E-state index in [-0.39, 0.29) is 41.3 Å². The molecule has 2 saturated heterocycles. The number of hydrogen-bond acceptors (Lipinski definition) is 9. The van der Waals surface area contributed by atoms with Crippen molar-refractivity contribution in [3.8, 4) is 33.6 Å². The minimum atomic E-state index is -0.896. The van der Waals surface area contributed by atoms with Crippen molar-refractivity contribution in [1.29, 1.82) is 0 Å². The summed E-state index contributed by atoms with van der Waals surface area (Å²) < 4.78 is 15.1. The molecule has 4 fully saturated rings. The first-order chi connectivity index (χ1) is 30.4. The number of fused-ring (bicyclic) bond motifs is 3. The molecule has 9 rings (SSSR count). The highest BCUT2D eigenvalue weighted by atomic mass is 16.5. The van der Waals surface area contributed by atoms with Crippen molar-refractivity contribution < 1.29 is 33.4 Å². The van der Waals surface area contributed by atoms with Crippen LogP contribution in [0.15, 0.2) is 73.1 Å². The second-order valence-electron chi connectivity index (χ2n) is 18.2. The van der Waals surface area contributed by atoms with E-state index in [0.717, 1.165) is 94.6 Å². The van der Waals surface area contributed by atoms with E-state index in [0.29, 0.717) is 12.5 Å². The summed E-state index contributed by atoms with van der Waals surface area (Å²) in [6, 6.07) is 19.3. The maximum Gasteiger partial charge on any atom is 0.407 e. The number of carbonyl (C=O) groups excluding carboxylic acids is 4. The molecule has 63 heavy (non-hydrogen) atoms. The minimum absolute atomic E-state index is 0.0776. The zero-order valence-electron chi connectivity index (χ0n) is 36.6. The molecule has 1 unspecified atom stereocenters. The quantitative estimate of drug-likeness (QED) is 0.0985. The molecule has 2 aromatic heterocycles. The van der Waals surface area contributed by atoms with Crippen molar-refractivity contribution in [1.82, 2.24) is 40.4 Å². The van der Waals surface area contributed by atoms with Crippen LogP contribution < -0.4 is 10.6 Å². The van der Waals surface area contributed by atoms with Crippen molar-refractivity contribution in [2.24, 2.45) is 17.3 Å². The SMILES string of the molecule is COC(=O)N[C@H](C(=O)N1[C@@H]2CC[C@H](C2)[C@H]1c1ncc(-c2ccc(-c3ccc4cc(-c5cnc([C@@H]6CC7(CC7)CN6C(=O)[C@@H](NC(=O)OC)C(C)OC)[nH]5)ccc4c3)cc2)[nH]1)C(C)C. The largest absolute Gasteiger partial charge is 0.453 e. The molecule has 0 radical (unpaired) electrons. The molecule has 4 aliphatic rings. The number of nitrogens with one attached hydrogen (secondary N) is 4. The monoisotopic (exact) mass is 856 g/mol. The Labute approximate surface area is 366 Å². The van der Waals surface area contributed by atoms with Gasteiger partial charge >= 0.3 is 12.2 Å². The Balaban J connectivity index is 0.894. The average Bonchev–Trinajstić information content (AvgIpc) is 3.94. The fourth-order valence-corrected chi connectivity index (χ4v) is 10.2. The zero-order valence-corrected chi connectivity index (χ0v) is 36.6. The van der Waals surface area contributed by atoms with Gasteiger partial charge in [-0.1, -0.05) is 62.4 Å². The molecule has 2 saturated carbocycles. The van der Waals surface area contributed by atoms with Gasteiger partial charge in [-0.05, 0) is 102 Å². The van der Waals surface area contributed by atoms with Gasteiger partial charge in [0.25, 0.3) is 0 Å². The first-order valence-electron chi connectivity index (χ1n) is 22.0. The number of benzene rings is 3. The van der Waals surface area contributed by atoms with Crippen LogP contribution in [0, 0.1) is 17.3 Å². The van der Waals surface area contributed by atoms with Crippen LogP contribution in [0.5, 0.6) is 0 Å². The molecule has 4 amide bonds. The molecular weight excluding hydrogens is 801 g/mol. The van der Waals surface area contributed by atoms with Crippen LogP contribution in [0.25, 0.3) is 44.4 Å². The van der Waals surface area contributed by atoms with E-state index < -0.39 is 30.4 Å². The van der Waals surface area contributed by atoms with E-state index >= 15 is 0 Å². The topological polar surface area (TPSA) is 184 Å². The Bertz CT molecular complexity index is 2530. The smallest absolute Gasteiger partial charge is 0.407 e. The van der Waals surface area contributed by atoms with Gasteiger partial charge in [-0.25, -0.2) is 19.6 Å². The van der Waals surface area contributed by atoms with Crippen LogP contribution in [0.1, 0.15) is 83.0 Å².